The second-order valence-corrected chi connectivity index (χ2v) is 6.95. The van der Waals surface area contributed by atoms with Crippen LogP contribution in [0.15, 0.2) is 17.0 Å². The van der Waals surface area contributed by atoms with Crippen molar-refractivity contribution in [1.29, 1.82) is 0 Å². The Labute approximate surface area is 105 Å². The molecule has 1 aromatic carbocycles. The fourth-order valence-electron chi connectivity index (χ4n) is 2.49. The Kier molecular flexibility index (Phi) is 3.19. The Balaban J connectivity index is 2.77. The predicted molar refractivity (Wildman–Crippen MR) is 64.0 cm³/mol. The van der Waals surface area contributed by atoms with Crippen LogP contribution in [0.5, 0.6) is 0 Å². The highest BCUT2D eigenvalue weighted by Gasteiger charge is 2.41. The van der Waals surface area contributed by atoms with Gasteiger partial charge in [-0.15, -0.1) is 0 Å². The number of hydrogen-bond donors (Lipinski definition) is 1. The number of nitrogens with one attached hydrogen (secondary N) is 1. The zero-order valence-electron chi connectivity index (χ0n) is 10.4. The zero-order chi connectivity index (χ0) is 13.7. The summed E-state index contributed by atoms with van der Waals surface area (Å²) in [6.45, 7) is 3.38. The van der Waals surface area contributed by atoms with Crippen molar-refractivity contribution >= 4 is 9.84 Å². The zero-order valence-corrected chi connectivity index (χ0v) is 11.2. The number of halogens is 2. The van der Waals surface area contributed by atoms with E-state index < -0.39 is 26.7 Å². The summed E-state index contributed by atoms with van der Waals surface area (Å²) in [5, 5.41) is 2.34. The van der Waals surface area contributed by atoms with Crippen LogP contribution in [0.1, 0.15) is 25.5 Å². The number of fused-ring (bicyclic) bond motifs is 1. The highest BCUT2D eigenvalue weighted by atomic mass is 32.2. The molecule has 6 heteroatoms. The predicted octanol–water partition coefficient (Wildman–Crippen LogP) is 2.04. The average molecular weight is 275 g/mol. The van der Waals surface area contributed by atoms with E-state index in [0.717, 1.165) is 12.1 Å². The molecule has 0 amide bonds. The summed E-state index contributed by atoms with van der Waals surface area (Å²) in [5.41, 5.74) is 0.307. The monoisotopic (exact) mass is 275 g/mol. The van der Waals surface area contributed by atoms with Crippen LogP contribution in [0.25, 0.3) is 0 Å². The van der Waals surface area contributed by atoms with Gasteiger partial charge < -0.3 is 5.32 Å². The molecular weight excluding hydrogens is 260 g/mol. The van der Waals surface area contributed by atoms with Crippen molar-refractivity contribution in [3.8, 4) is 0 Å². The quantitative estimate of drug-likeness (QED) is 0.798. The lowest BCUT2D eigenvalue weighted by atomic mass is 9.91. The fraction of sp³-hybridized carbons (Fsp3) is 0.500. The van der Waals surface area contributed by atoms with Gasteiger partial charge in [-0.1, -0.05) is 6.92 Å². The Hall–Kier alpha value is -1.01. The molecule has 1 aromatic rings. The van der Waals surface area contributed by atoms with E-state index in [4.69, 9.17) is 0 Å². The summed E-state index contributed by atoms with van der Waals surface area (Å²) < 4.78 is 51.0. The van der Waals surface area contributed by atoms with Gasteiger partial charge in [-0.3, -0.25) is 0 Å². The molecule has 0 spiro atoms. The van der Waals surface area contributed by atoms with Gasteiger partial charge in [-0.2, -0.15) is 0 Å². The molecule has 0 aromatic heterocycles. The number of hydrogen-bond acceptors (Lipinski definition) is 3. The van der Waals surface area contributed by atoms with E-state index in [2.05, 4.69) is 5.32 Å². The van der Waals surface area contributed by atoms with E-state index in [0.29, 0.717) is 5.56 Å². The third-order valence-corrected chi connectivity index (χ3v) is 6.14. The second-order valence-electron chi connectivity index (χ2n) is 4.68. The Morgan fingerprint density at radius 2 is 1.72 bits per heavy atom. The lowest BCUT2D eigenvalue weighted by molar-refractivity contribution is 0.374. The molecule has 3 unspecified atom stereocenters. The maximum atomic E-state index is 13.3. The molecule has 100 valence electrons. The van der Waals surface area contributed by atoms with Gasteiger partial charge in [0.1, 0.15) is 0 Å². The van der Waals surface area contributed by atoms with Crippen LogP contribution in [0.2, 0.25) is 0 Å². The molecular formula is C12H15F2NO2S. The van der Waals surface area contributed by atoms with Crippen molar-refractivity contribution in [3.05, 3.63) is 29.3 Å². The highest BCUT2D eigenvalue weighted by Crippen LogP contribution is 2.40. The van der Waals surface area contributed by atoms with E-state index >= 15 is 0 Å². The van der Waals surface area contributed by atoms with Crippen LogP contribution in [-0.2, 0) is 9.84 Å². The van der Waals surface area contributed by atoms with Crippen molar-refractivity contribution in [2.75, 3.05) is 7.05 Å². The standard InChI is InChI=1S/C12H15F2NO2S/c1-6-7(2)18(16,17)11-5-10(14)9(13)4-8(11)12(6)15-3/h4-7,12,15H,1-3H3. The lowest BCUT2D eigenvalue weighted by Gasteiger charge is -2.35. The number of rotatable bonds is 1. The maximum Gasteiger partial charge on any atom is 0.181 e. The van der Waals surface area contributed by atoms with Gasteiger partial charge >= 0.3 is 0 Å². The third-order valence-electron chi connectivity index (χ3n) is 3.76. The minimum absolute atomic E-state index is 0.105. The first kappa shape index (κ1) is 13.4. The first-order valence-corrected chi connectivity index (χ1v) is 7.25. The molecule has 0 saturated heterocycles. The molecule has 0 fully saturated rings. The van der Waals surface area contributed by atoms with Crippen LogP contribution >= 0.6 is 0 Å². The minimum atomic E-state index is -3.60. The molecule has 3 atom stereocenters. The van der Waals surface area contributed by atoms with Gasteiger partial charge in [0, 0.05) is 6.04 Å². The lowest BCUT2D eigenvalue weighted by Crippen LogP contribution is -2.40. The Bertz CT molecular complexity index is 586. The Morgan fingerprint density at radius 3 is 2.28 bits per heavy atom. The van der Waals surface area contributed by atoms with Crippen LogP contribution in [-0.4, -0.2) is 20.7 Å². The molecule has 2 rings (SSSR count). The minimum Gasteiger partial charge on any atom is -0.313 e. The van der Waals surface area contributed by atoms with Crippen LogP contribution in [0, 0.1) is 17.6 Å². The molecule has 0 saturated carbocycles. The van der Waals surface area contributed by atoms with Crippen LogP contribution in [0.3, 0.4) is 0 Å². The summed E-state index contributed by atoms with van der Waals surface area (Å²) in [6, 6.07) is 1.46. The van der Waals surface area contributed by atoms with Crippen molar-refractivity contribution in [3.63, 3.8) is 0 Å². The smallest absolute Gasteiger partial charge is 0.181 e. The summed E-state index contributed by atoms with van der Waals surface area (Å²) in [4.78, 5) is -0.105. The fourth-order valence-corrected chi connectivity index (χ4v) is 4.39. The van der Waals surface area contributed by atoms with Gasteiger partial charge in [0.25, 0.3) is 0 Å². The molecule has 1 heterocycles. The normalized spacial score (nSPS) is 29.9. The molecule has 0 bridgehead atoms. The first-order chi connectivity index (χ1) is 8.30. The van der Waals surface area contributed by atoms with Crippen LogP contribution < -0.4 is 5.32 Å². The summed E-state index contributed by atoms with van der Waals surface area (Å²) >= 11 is 0. The summed E-state index contributed by atoms with van der Waals surface area (Å²) in [5.74, 6) is -2.36. The van der Waals surface area contributed by atoms with Gasteiger partial charge in [0.15, 0.2) is 21.5 Å². The van der Waals surface area contributed by atoms with E-state index in [1.807, 2.05) is 0 Å². The molecule has 0 radical (unpaired) electrons. The SMILES string of the molecule is CNC1c2cc(F)c(F)cc2S(=O)(=O)C(C)C1C. The summed E-state index contributed by atoms with van der Waals surface area (Å²) in [6.07, 6.45) is 0. The van der Waals surface area contributed by atoms with Crippen molar-refractivity contribution in [2.45, 2.75) is 30.0 Å². The largest absolute Gasteiger partial charge is 0.313 e. The van der Waals surface area contributed by atoms with Gasteiger partial charge in [0.2, 0.25) is 0 Å². The second kappa shape index (κ2) is 4.28. The number of sulfone groups is 1. The topological polar surface area (TPSA) is 46.2 Å². The van der Waals surface area contributed by atoms with Gasteiger partial charge in [0.05, 0.1) is 10.1 Å². The van der Waals surface area contributed by atoms with Gasteiger partial charge in [-0.25, -0.2) is 17.2 Å². The van der Waals surface area contributed by atoms with E-state index in [-0.39, 0.29) is 16.9 Å². The van der Waals surface area contributed by atoms with E-state index in [9.17, 15) is 17.2 Å². The Morgan fingerprint density at radius 1 is 1.17 bits per heavy atom. The van der Waals surface area contributed by atoms with E-state index in [1.54, 1.807) is 20.9 Å². The first-order valence-electron chi connectivity index (χ1n) is 5.70. The molecule has 1 aliphatic heterocycles. The van der Waals surface area contributed by atoms with E-state index in [1.165, 1.54) is 0 Å². The van der Waals surface area contributed by atoms with Crippen molar-refractivity contribution < 1.29 is 17.2 Å². The molecule has 1 N–H and O–H groups in total. The molecule has 0 aliphatic carbocycles. The molecule has 3 nitrogen and oxygen atoms in total. The maximum absolute atomic E-state index is 13.3. The van der Waals surface area contributed by atoms with Crippen molar-refractivity contribution in [1.82, 2.24) is 5.32 Å². The summed E-state index contributed by atoms with van der Waals surface area (Å²) in [7, 11) is -1.92. The van der Waals surface area contributed by atoms with Crippen LogP contribution in [0.4, 0.5) is 8.78 Å². The average Bonchev–Trinajstić information content (AvgIpc) is 2.31. The van der Waals surface area contributed by atoms with Crippen molar-refractivity contribution in [2.24, 2.45) is 5.92 Å². The third kappa shape index (κ3) is 1.75. The highest BCUT2D eigenvalue weighted by molar-refractivity contribution is 7.92. The van der Waals surface area contributed by atoms with Gasteiger partial charge in [-0.05, 0) is 37.6 Å². The molecule has 1 aliphatic rings. The molecule has 18 heavy (non-hydrogen) atoms. The number of benzene rings is 1.